The van der Waals surface area contributed by atoms with Gasteiger partial charge in [-0.2, -0.15) is 13.9 Å². The molecule has 0 fully saturated rings. The van der Waals surface area contributed by atoms with Crippen molar-refractivity contribution in [2.24, 2.45) is 0 Å². The van der Waals surface area contributed by atoms with Crippen molar-refractivity contribution in [3.63, 3.8) is 0 Å². The minimum atomic E-state index is -2.97. The number of halogens is 3. The Morgan fingerprint density at radius 2 is 2.18 bits per heavy atom. The van der Waals surface area contributed by atoms with E-state index >= 15 is 0 Å². The summed E-state index contributed by atoms with van der Waals surface area (Å²) in [7, 11) is 0. The highest BCUT2D eigenvalue weighted by atomic mass is 35.5. The molecule has 12 heteroatoms. The van der Waals surface area contributed by atoms with Crippen molar-refractivity contribution in [1.29, 1.82) is 0 Å². The van der Waals surface area contributed by atoms with Crippen LogP contribution >= 0.6 is 11.6 Å². The molecule has 144 valence electrons. The van der Waals surface area contributed by atoms with Crippen LogP contribution in [0.3, 0.4) is 0 Å². The van der Waals surface area contributed by atoms with Crippen LogP contribution < -0.4 is 10.1 Å². The first-order valence-electron chi connectivity index (χ1n) is 8.18. The zero-order valence-electron chi connectivity index (χ0n) is 14.4. The third-order valence-electron chi connectivity index (χ3n) is 3.75. The predicted octanol–water partition coefficient (Wildman–Crippen LogP) is 3.63. The second kappa shape index (κ2) is 7.35. The monoisotopic (exact) mass is 406 g/mol. The molecular formula is C16H13ClF2N8O. The molecular weight excluding hydrogens is 394 g/mol. The van der Waals surface area contributed by atoms with Gasteiger partial charge in [-0.15, -0.1) is 5.10 Å². The number of nitrogens with zero attached hydrogens (tertiary/aromatic N) is 6. The zero-order chi connectivity index (χ0) is 19.7. The number of alkyl halides is 2. The van der Waals surface area contributed by atoms with Crippen LogP contribution in [0.5, 0.6) is 5.88 Å². The molecule has 0 atom stereocenters. The SMILES string of the molecule is CCn1nc(-c2ccccn2)c2nc(Cl)c(Nc3cc(OC(F)F)n[nH]3)nc21. The number of fused-ring (bicyclic) bond motifs is 1. The van der Waals surface area contributed by atoms with Gasteiger partial charge in [0.2, 0.25) is 5.88 Å². The molecule has 4 aromatic heterocycles. The van der Waals surface area contributed by atoms with Crippen molar-refractivity contribution >= 4 is 34.4 Å². The summed E-state index contributed by atoms with van der Waals surface area (Å²) in [5, 5.41) is 13.6. The summed E-state index contributed by atoms with van der Waals surface area (Å²) in [6, 6.07) is 6.73. The maximum absolute atomic E-state index is 12.3. The molecule has 4 aromatic rings. The first kappa shape index (κ1) is 18.0. The first-order chi connectivity index (χ1) is 13.5. The highest BCUT2D eigenvalue weighted by Crippen LogP contribution is 2.30. The van der Waals surface area contributed by atoms with Crippen LogP contribution in [-0.2, 0) is 6.54 Å². The Morgan fingerprint density at radius 1 is 1.32 bits per heavy atom. The number of anilines is 2. The molecule has 0 aliphatic rings. The van der Waals surface area contributed by atoms with Gasteiger partial charge in [0.15, 0.2) is 16.6 Å². The lowest BCUT2D eigenvalue weighted by Gasteiger charge is -2.05. The van der Waals surface area contributed by atoms with Gasteiger partial charge in [0.05, 0.1) is 5.69 Å². The van der Waals surface area contributed by atoms with Gasteiger partial charge in [0.25, 0.3) is 0 Å². The molecule has 0 saturated heterocycles. The van der Waals surface area contributed by atoms with Crippen LogP contribution in [0.1, 0.15) is 6.92 Å². The average Bonchev–Trinajstić information content (AvgIpc) is 3.26. The number of aryl methyl sites for hydroxylation is 1. The molecule has 0 radical (unpaired) electrons. The van der Waals surface area contributed by atoms with E-state index in [1.54, 1.807) is 16.9 Å². The smallest absolute Gasteiger partial charge is 0.388 e. The van der Waals surface area contributed by atoms with E-state index in [1.165, 1.54) is 6.07 Å². The Balaban J connectivity index is 1.73. The Kier molecular flexibility index (Phi) is 4.74. The largest absolute Gasteiger partial charge is 0.415 e. The van der Waals surface area contributed by atoms with E-state index in [1.807, 2.05) is 19.1 Å². The number of hydrogen-bond acceptors (Lipinski definition) is 7. The maximum Gasteiger partial charge on any atom is 0.388 e. The Hall–Kier alpha value is -3.34. The summed E-state index contributed by atoms with van der Waals surface area (Å²) >= 11 is 6.28. The lowest BCUT2D eigenvalue weighted by Crippen LogP contribution is -2.02. The average molecular weight is 407 g/mol. The van der Waals surface area contributed by atoms with Gasteiger partial charge < -0.3 is 10.1 Å². The number of H-pyrrole nitrogens is 1. The third kappa shape index (κ3) is 3.43. The van der Waals surface area contributed by atoms with Gasteiger partial charge in [0.1, 0.15) is 17.0 Å². The lowest BCUT2D eigenvalue weighted by molar-refractivity contribution is -0.0528. The predicted molar refractivity (Wildman–Crippen MR) is 97.7 cm³/mol. The third-order valence-corrected chi connectivity index (χ3v) is 4.01. The van der Waals surface area contributed by atoms with E-state index in [2.05, 4.69) is 40.3 Å². The van der Waals surface area contributed by atoms with Crippen LogP contribution in [-0.4, -0.2) is 41.5 Å². The van der Waals surface area contributed by atoms with Gasteiger partial charge in [-0.05, 0) is 19.1 Å². The summed E-state index contributed by atoms with van der Waals surface area (Å²) < 4.78 is 30.4. The maximum atomic E-state index is 12.3. The normalized spacial score (nSPS) is 11.3. The van der Waals surface area contributed by atoms with E-state index < -0.39 is 6.61 Å². The number of rotatable bonds is 6. The van der Waals surface area contributed by atoms with Crippen LogP contribution in [0, 0.1) is 0 Å². The number of aromatic nitrogens is 7. The molecule has 0 spiro atoms. The molecule has 0 aliphatic carbocycles. The van der Waals surface area contributed by atoms with Crippen LogP contribution in [0.25, 0.3) is 22.6 Å². The lowest BCUT2D eigenvalue weighted by atomic mass is 10.2. The van der Waals surface area contributed by atoms with Crippen LogP contribution in [0.4, 0.5) is 20.4 Å². The fraction of sp³-hybridized carbons (Fsp3) is 0.188. The van der Waals surface area contributed by atoms with E-state index in [9.17, 15) is 8.78 Å². The van der Waals surface area contributed by atoms with E-state index in [-0.39, 0.29) is 22.7 Å². The van der Waals surface area contributed by atoms with E-state index in [0.29, 0.717) is 29.1 Å². The highest BCUT2D eigenvalue weighted by Gasteiger charge is 2.19. The minimum absolute atomic E-state index is 0.0752. The summed E-state index contributed by atoms with van der Waals surface area (Å²) in [6.45, 7) is -0.504. The number of hydrogen-bond donors (Lipinski definition) is 2. The topological polar surface area (TPSA) is 106 Å². The summed E-state index contributed by atoms with van der Waals surface area (Å²) in [5.41, 5.74) is 2.21. The van der Waals surface area contributed by atoms with E-state index in [0.717, 1.165) is 0 Å². The number of pyridine rings is 1. The summed E-state index contributed by atoms with van der Waals surface area (Å²) in [4.78, 5) is 13.2. The summed E-state index contributed by atoms with van der Waals surface area (Å²) in [5.74, 6) is 0.209. The van der Waals surface area contributed by atoms with Gasteiger partial charge >= 0.3 is 6.61 Å². The van der Waals surface area contributed by atoms with Gasteiger partial charge in [-0.3, -0.25) is 10.1 Å². The van der Waals surface area contributed by atoms with Gasteiger partial charge in [-0.1, -0.05) is 17.7 Å². The summed E-state index contributed by atoms with van der Waals surface area (Å²) in [6.07, 6.45) is 1.66. The minimum Gasteiger partial charge on any atom is -0.415 e. The molecule has 0 saturated carbocycles. The fourth-order valence-electron chi connectivity index (χ4n) is 2.58. The van der Waals surface area contributed by atoms with Crippen molar-refractivity contribution in [2.45, 2.75) is 20.1 Å². The Labute approximate surface area is 161 Å². The molecule has 0 aromatic carbocycles. The molecule has 4 rings (SSSR count). The molecule has 0 bridgehead atoms. The van der Waals surface area contributed by atoms with Crippen molar-refractivity contribution in [3.05, 3.63) is 35.6 Å². The van der Waals surface area contributed by atoms with Crippen molar-refractivity contribution in [1.82, 2.24) is 34.9 Å². The Bertz CT molecular complexity index is 1110. The number of nitrogens with one attached hydrogen (secondary N) is 2. The van der Waals surface area contributed by atoms with Crippen molar-refractivity contribution < 1.29 is 13.5 Å². The van der Waals surface area contributed by atoms with E-state index in [4.69, 9.17) is 11.6 Å². The molecule has 0 amide bonds. The molecule has 28 heavy (non-hydrogen) atoms. The van der Waals surface area contributed by atoms with Crippen LogP contribution in [0.2, 0.25) is 5.15 Å². The fourth-order valence-corrected chi connectivity index (χ4v) is 2.76. The van der Waals surface area contributed by atoms with Crippen LogP contribution in [0.15, 0.2) is 30.5 Å². The molecule has 0 unspecified atom stereocenters. The van der Waals surface area contributed by atoms with Crippen molar-refractivity contribution in [2.75, 3.05) is 5.32 Å². The molecule has 4 heterocycles. The van der Waals surface area contributed by atoms with Crippen molar-refractivity contribution in [3.8, 4) is 17.3 Å². The molecule has 2 N–H and O–H groups in total. The second-order valence-corrected chi connectivity index (χ2v) is 5.90. The molecule has 9 nitrogen and oxygen atoms in total. The molecule has 0 aliphatic heterocycles. The first-order valence-corrected chi connectivity index (χ1v) is 8.55. The Morgan fingerprint density at radius 3 is 2.89 bits per heavy atom. The zero-order valence-corrected chi connectivity index (χ0v) is 15.2. The number of aromatic amines is 1. The standard InChI is InChI=1S/C16H13ClF2N8O/c1-2-27-15-12(11(26-27)8-5-3-4-6-20-8)22-13(17)14(23-15)21-9-7-10(25-24-9)28-16(18)19/h3-7,16H,2H2,1H3,(H2,21,23,24,25). The van der Waals surface area contributed by atoms with Gasteiger partial charge in [-0.25, -0.2) is 14.6 Å². The second-order valence-electron chi connectivity index (χ2n) is 5.54. The van der Waals surface area contributed by atoms with Gasteiger partial charge in [0, 0.05) is 18.8 Å². The quantitative estimate of drug-likeness (QED) is 0.503. The number of ether oxygens (including phenoxy) is 1. The highest BCUT2D eigenvalue weighted by molar-refractivity contribution is 6.32.